The standard InChI is InChI=1S/C23H16ClNO4S/c1-25-21(23(28)29-13-18(26)19-7-4-12-30-19)20(14-8-10-15(24)11-9-14)16-5-2-3-6-17(16)22(25)27/h2-12H,13H2,1H3. The minimum absolute atomic E-state index is 0.0833. The SMILES string of the molecule is Cn1c(C(=O)OCC(=O)c2cccs2)c(-c2ccc(Cl)cc2)c2ccccc2c1=O. The highest BCUT2D eigenvalue weighted by molar-refractivity contribution is 7.12. The number of benzene rings is 2. The number of carbonyl (C=O) groups is 2. The number of aromatic nitrogens is 1. The minimum atomic E-state index is -0.741. The number of thiophene rings is 1. The van der Waals surface area contributed by atoms with Crippen molar-refractivity contribution >= 4 is 45.5 Å². The van der Waals surface area contributed by atoms with Crippen molar-refractivity contribution in [1.82, 2.24) is 4.57 Å². The van der Waals surface area contributed by atoms with Crippen molar-refractivity contribution in [2.24, 2.45) is 7.05 Å². The number of pyridine rings is 1. The molecule has 0 radical (unpaired) electrons. The smallest absolute Gasteiger partial charge is 0.356 e. The highest BCUT2D eigenvalue weighted by Gasteiger charge is 2.23. The molecule has 0 N–H and O–H groups in total. The molecule has 0 saturated carbocycles. The molecular weight excluding hydrogens is 422 g/mol. The lowest BCUT2D eigenvalue weighted by atomic mass is 9.97. The molecule has 0 unspecified atom stereocenters. The molecule has 4 rings (SSSR count). The van der Waals surface area contributed by atoms with Gasteiger partial charge in [-0.05, 0) is 40.6 Å². The molecule has 0 aliphatic rings. The number of hydrogen-bond acceptors (Lipinski definition) is 5. The Morgan fingerprint density at radius 3 is 2.37 bits per heavy atom. The molecule has 2 heterocycles. The van der Waals surface area contributed by atoms with E-state index in [0.29, 0.717) is 31.8 Å². The highest BCUT2D eigenvalue weighted by atomic mass is 35.5. The van der Waals surface area contributed by atoms with E-state index in [-0.39, 0.29) is 17.0 Å². The van der Waals surface area contributed by atoms with Gasteiger partial charge in [0, 0.05) is 23.0 Å². The molecule has 4 aromatic rings. The summed E-state index contributed by atoms with van der Waals surface area (Å²) in [7, 11) is 1.52. The third kappa shape index (κ3) is 3.67. The van der Waals surface area contributed by atoms with Crippen LogP contribution in [0, 0.1) is 0 Å². The molecule has 150 valence electrons. The zero-order valence-corrected chi connectivity index (χ0v) is 17.5. The summed E-state index contributed by atoms with van der Waals surface area (Å²) in [4.78, 5) is 38.7. The number of ether oxygens (including phenoxy) is 1. The molecule has 2 aromatic carbocycles. The number of hydrogen-bond donors (Lipinski definition) is 0. The van der Waals surface area contributed by atoms with E-state index in [0.717, 1.165) is 0 Å². The lowest BCUT2D eigenvalue weighted by Gasteiger charge is -2.16. The summed E-state index contributed by atoms with van der Waals surface area (Å²) >= 11 is 7.31. The van der Waals surface area contributed by atoms with E-state index in [9.17, 15) is 14.4 Å². The van der Waals surface area contributed by atoms with Crippen LogP contribution in [0.15, 0.2) is 70.8 Å². The van der Waals surface area contributed by atoms with Gasteiger partial charge in [0.25, 0.3) is 5.56 Å². The molecule has 5 nitrogen and oxygen atoms in total. The first-order valence-electron chi connectivity index (χ1n) is 9.09. The first-order valence-corrected chi connectivity index (χ1v) is 10.3. The van der Waals surface area contributed by atoms with Crippen molar-refractivity contribution in [2.45, 2.75) is 0 Å². The van der Waals surface area contributed by atoms with Crippen molar-refractivity contribution in [1.29, 1.82) is 0 Å². The van der Waals surface area contributed by atoms with Crippen molar-refractivity contribution in [3.8, 4) is 11.1 Å². The maximum absolute atomic E-state index is 13.0. The second-order valence-electron chi connectivity index (χ2n) is 6.62. The fraction of sp³-hybridized carbons (Fsp3) is 0.0870. The van der Waals surface area contributed by atoms with E-state index in [1.807, 2.05) is 0 Å². The first kappa shape index (κ1) is 20.1. The maximum Gasteiger partial charge on any atom is 0.356 e. The number of ketones is 1. The lowest BCUT2D eigenvalue weighted by Crippen LogP contribution is -2.27. The van der Waals surface area contributed by atoms with Gasteiger partial charge in [0.1, 0.15) is 5.69 Å². The topological polar surface area (TPSA) is 65.4 Å². The van der Waals surface area contributed by atoms with Gasteiger partial charge in [-0.15, -0.1) is 11.3 Å². The summed E-state index contributed by atoms with van der Waals surface area (Å²) in [5.74, 6) is -1.03. The Morgan fingerprint density at radius 1 is 1.00 bits per heavy atom. The fourth-order valence-corrected chi connectivity index (χ4v) is 4.10. The third-order valence-electron chi connectivity index (χ3n) is 4.76. The third-order valence-corrected chi connectivity index (χ3v) is 5.92. The monoisotopic (exact) mass is 437 g/mol. The van der Waals surface area contributed by atoms with E-state index < -0.39 is 12.6 Å². The molecule has 2 aromatic heterocycles. The summed E-state index contributed by atoms with van der Waals surface area (Å²) in [5, 5.41) is 3.44. The van der Waals surface area contributed by atoms with Gasteiger partial charge >= 0.3 is 5.97 Å². The summed E-state index contributed by atoms with van der Waals surface area (Å²) < 4.78 is 6.58. The van der Waals surface area contributed by atoms with Gasteiger partial charge in [0.15, 0.2) is 6.61 Å². The zero-order chi connectivity index (χ0) is 21.3. The Bertz CT molecular complexity index is 1310. The molecule has 0 saturated heterocycles. The number of rotatable bonds is 5. The summed E-state index contributed by atoms with van der Waals surface area (Å²) in [6, 6.07) is 17.5. The van der Waals surface area contributed by atoms with Crippen molar-refractivity contribution in [3.05, 3.63) is 92.0 Å². The van der Waals surface area contributed by atoms with Crippen LogP contribution in [0.1, 0.15) is 20.2 Å². The molecule has 0 aliphatic heterocycles. The van der Waals surface area contributed by atoms with Crippen LogP contribution < -0.4 is 5.56 Å². The Labute approximate surface area is 181 Å². The van der Waals surface area contributed by atoms with Gasteiger partial charge in [0.05, 0.1) is 4.88 Å². The van der Waals surface area contributed by atoms with E-state index in [1.165, 1.54) is 23.0 Å². The van der Waals surface area contributed by atoms with Gasteiger partial charge in [-0.25, -0.2) is 4.79 Å². The predicted molar refractivity (Wildman–Crippen MR) is 119 cm³/mol. The molecule has 0 bridgehead atoms. The Kier molecular flexibility index (Phi) is 5.53. The number of Topliss-reactive ketones (excluding diaryl/α,β-unsaturated/α-hetero) is 1. The molecule has 0 fully saturated rings. The average Bonchev–Trinajstić information content (AvgIpc) is 3.30. The quantitative estimate of drug-likeness (QED) is 0.327. The Morgan fingerprint density at radius 2 is 1.70 bits per heavy atom. The molecule has 7 heteroatoms. The second kappa shape index (κ2) is 8.26. The normalized spacial score (nSPS) is 10.9. The highest BCUT2D eigenvalue weighted by Crippen LogP contribution is 2.31. The van der Waals surface area contributed by atoms with Gasteiger partial charge in [-0.1, -0.05) is 48.0 Å². The van der Waals surface area contributed by atoms with Crippen LogP contribution in [0.3, 0.4) is 0 Å². The fourth-order valence-electron chi connectivity index (χ4n) is 3.32. The molecular formula is C23H16ClNO4S. The van der Waals surface area contributed by atoms with Crippen LogP contribution in [0.4, 0.5) is 0 Å². The summed E-state index contributed by atoms with van der Waals surface area (Å²) in [5.41, 5.74) is 1.03. The lowest BCUT2D eigenvalue weighted by molar-refractivity contribution is 0.0466. The van der Waals surface area contributed by atoms with Crippen molar-refractivity contribution < 1.29 is 14.3 Å². The molecule has 0 amide bonds. The number of nitrogens with zero attached hydrogens (tertiary/aromatic N) is 1. The van der Waals surface area contributed by atoms with Crippen LogP contribution in [0.5, 0.6) is 0 Å². The number of fused-ring (bicyclic) bond motifs is 1. The summed E-state index contributed by atoms with van der Waals surface area (Å²) in [6.45, 7) is -0.402. The average molecular weight is 438 g/mol. The van der Waals surface area contributed by atoms with Gasteiger partial charge < -0.3 is 9.30 Å². The Balaban J connectivity index is 1.83. The number of carbonyl (C=O) groups excluding carboxylic acids is 2. The largest absolute Gasteiger partial charge is 0.453 e. The van der Waals surface area contributed by atoms with E-state index in [2.05, 4.69) is 0 Å². The zero-order valence-electron chi connectivity index (χ0n) is 15.9. The Hall–Kier alpha value is -3.22. The van der Waals surface area contributed by atoms with Gasteiger partial charge in [0.2, 0.25) is 5.78 Å². The molecule has 0 aliphatic carbocycles. The molecule has 0 spiro atoms. The number of esters is 1. The van der Waals surface area contributed by atoms with Crippen molar-refractivity contribution in [2.75, 3.05) is 6.61 Å². The molecule has 0 atom stereocenters. The van der Waals surface area contributed by atoms with E-state index >= 15 is 0 Å². The second-order valence-corrected chi connectivity index (χ2v) is 8.00. The number of halogens is 1. The van der Waals surface area contributed by atoms with E-state index in [4.69, 9.17) is 16.3 Å². The van der Waals surface area contributed by atoms with E-state index in [1.54, 1.807) is 66.0 Å². The van der Waals surface area contributed by atoms with Crippen LogP contribution >= 0.6 is 22.9 Å². The predicted octanol–water partition coefficient (Wildman–Crippen LogP) is 4.96. The van der Waals surface area contributed by atoms with Gasteiger partial charge in [-0.2, -0.15) is 0 Å². The van der Waals surface area contributed by atoms with Gasteiger partial charge in [-0.3, -0.25) is 9.59 Å². The molecule has 30 heavy (non-hydrogen) atoms. The summed E-state index contributed by atoms with van der Waals surface area (Å²) in [6.07, 6.45) is 0. The van der Waals surface area contributed by atoms with Crippen molar-refractivity contribution in [3.63, 3.8) is 0 Å². The van der Waals surface area contributed by atoms with Crippen LogP contribution in [0.2, 0.25) is 5.02 Å². The van der Waals surface area contributed by atoms with Crippen LogP contribution in [-0.2, 0) is 11.8 Å². The maximum atomic E-state index is 13.0. The van der Waals surface area contributed by atoms with Crippen LogP contribution in [-0.4, -0.2) is 22.9 Å². The van der Waals surface area contributed by atoms with Crippen LogP contribution in [0.25, 0.3) is 21.9 Å². The minimum Gasteiger partial charge on any atom is -0.453 e. The first-order chi connectivity index (χ1) is 14.5.